The average Bonchev–Trinajstić information content (AvgIpc) is 2.42. The molecule has 2 N–H and O–H groups in total. The van der Waals surface area contributed by atoms with E-state index in [1.54, 1.807) is 18.3 Å². The molecule has 19 heavy (non-hydrogen) atoms. The maximum Gasteiger partial charge on any atom is 0.319 e. The zero-order valence-electron chi connectivity index (χ0n) is 9.86. The molecule has 2 amide bonds. The van der Waals surface area contributed by atoms with Gasteiger partial charge in [0, 0.05) is 11.2 Å². The van der Waals surface area contributed by atoms with Gasteiger partial charge in [0.05, 0.1) is 17.9 Å². The second-order valence-corrected chi connectivity index (χ2v) is 4.19. The van der Waals surface area contributed by atoms with Crippen LogP contribution in [0.2, 0.25) is 5.02 Å². The fourth-order valence-electron chi connectivity index (χ4n) is 1.43. The Morgan fingerprint density at radius 2 is 2.16 bits per heavy atom. The number of halogens is 2. The molecular formula is C13H11ClFN3O. The molecule has 2 aromatic rings. The summed E-state index contributed by atoms with van der Waals surface area (Å²) >= 11 is 5.72. The van der Waals surface area contributed by atoms with Crippen LogP contribution in [0.1, 0.15) is 5.69 Å². The lowest BCUT2D eigenvalue weighted by atomic mass is 10.3. The van der Waals surface area contributed by atoms with Gasteiger partial charge >= 0.3 is 6.03 Å². The first-order valence-electron chi connectivity index (χ1n) is 5.55. The third-order valence-corrected chi connectivity index (χ3v) is 2.57. The number of carbonyl (C=O) groups excluding carboxylic acids is 1. The molecule has 1 aromatic carbocycles. The first-order valence-corrected chi connectivity index (χ1v) is 5.93. The van der Waals surface area contributed by atoms with E-state index in [4.69, 9.17) is 11.6 Å². The Morgan fingerprint density at radius 1 is 1.32 bits per heavy atom. The molecule has 4 nitrogen and oxygen atoms in total. The molecular weight excluding hydrogens is 269 g/mol. The summed E-state index contributed by atoms with van der Waals surface area (Å²) in [7, 11) is 0. The van der Waals surface area contributed by atoms with Crippen molar-refractivity contribution < 1.29 is 9.18 Å². The van der Waals surface area contributed by atoms with Crippen molar-refractivity contribution in [2.75, 3.05) is 5.32 Å². The first kappa shape index (κ1) is 13.3. The van der Waals surface area contributed by atoms with Gasteiger partial charge in [-0.1, -0.05) is 17.7 Å². The quantitative estimate of drug-likeness (QED) is 0.906. The smallest absolute Gasteiger partial charge is 0.319 e. The zero-order valence-corrected chi connectivity index (χ0v) is 10.6. The highest BCUT2D eigenvalue weighted by Gasteiger charge is 2.07. The Labute approximate surface area is 114 Å². The van der Waals surface area contributed by atoms with Crippen LogP contribution in [0.5, 0.6) is 0 Å². The fourth-order valence-corrected chi connectivity index (χ4v) is 1.61. The minimum absolute atomic E-state index is 0.0334. The van der Waals surface area contributed by atoms with Crippen LogP contribution in [0.3, 0.4) is 0 Å². The van der Waals surface area contributed by atoms with Gasteiger partial charge in [-0.3, -0.25) is 4.98 Å². The van der Waals surface area contributed by atoms with Crippen molar-refractivity contribution in [2.45, 2.75) is 6.54 Å². The molecule has 1 aromatic heterocycles. The molecule has 0 saturated heterocycles. The topological polar surface area (TPSA) is 54.0 Å². The van der Waals surface area contributed by atoms with Crippen LogP contribution < -0.4 is 10.6 Å². The van der Waals surface area contributed by atoms with E-state index >= 15 is 0 Å². The second-order valence-electron chi connectivity index (χ2n) is 3.75. The van der Waals surface area contributed by atoms with E-state index in [0.29, 0.717) is 10.7 Å². The Morgan fingerprint density at radius 3 is 2.89 bits per heavy atom. The van der Waals surface area contributed by atoms with Gasteiger partial charge in [0.1, 0.15) is 5.82 Å². The van der Waals surface area contributed by atoms with E-state index in [1.807, 2.05) is 6.07 Å². The largest absolute Gasteiger partial charge is 0.332 e. The zero-order chi connectivity index (χ0) is 13.7. The molecule has 1 heterocycles. The third-order valence-electron chi connectivity index (χ3n) is 2.33. The van der Waals surface area contributed by atoms with Gasteiger partial charge in [-0.15, -0.1) is 0 Å². The lowest BCUT2D eigenvalue weighted by Gasteiger charge is -2.08. The molecule has 0 saturated carbocycles. The second kappa shape index (κ2) is 6.15. The van der Waals surface area contributed by atoms with Gasteiger partial charge in [-0.25, -0.2) is 9.18 Å². The van der Waals surface area contributed by atoms with E-state index in [0.717, 1.165) is 0 Å². The molecule has 2 rings (SSSR count). The van der Waals surface area contributed by atoms with Gasteiger partial charge in [0.2, 0.25) is 0 Å². The monoisotopic (exact) mass is 279 g/mol. The van der Waals surface area contributed by atoms with Crippen LogP contribution in [0.4, 0.5) is 14.9 Å². The Bertz CT molecular complexity index is 577. The summed E-state index contributed by atoms with van der Waals surface area (Å²) < 4.78 is 13.4. The van der Waals surface area contributed by atoms with Crippen molar-refractivity contribution in [3.63, 3.8) is 0 Å². The normalized spacial score (nSPS) is 10.0. The number of hydrogen-bond acceptors (Lipinski definition) is 2. The molecule has 0 fully saturated rings. The summed E-state index contributed by atoms with van der Waals surface area (Å²) in [5, 5.41) is 5.30. The number of aromatic nitrogens is 1. The molecule has 0 unspecified atom stereocenters. The van der Waals surface area contributed by atoms with E-state index in [1.165, 1.54) is 18.2 Å². The minimum atomic E-state index is -0.544. The third kappa shape index (κ3) is 3.93. The lowest BCUT2D eigenvalue weighted by Crippen LogP contribution is -2.28. The standard InChI is InChI=1S/C13H11ClFN3O/c14-9-4-5-11(15)12(7-9)18-13(19)17-8-10-3-1-2-6-16-10/h1-7H,8H2,(H2,17,18,19). The average molecular weight is 280 g/mol. The molecule has 0 aliphatic rings. The first-order chi connectivity index (χ1) is 9.15. The van der Waals surface area contributed by atoms with Crippen LogP contribution in [0.25, 0.3) is 0 Å². The number of hydrogen-bond donors (Lipinski definition) is 2. The van der Waals surface area contributed by atoms with Crippen LogP contribution in [-0.4, -0.2) is 11.0 Å². The van der Waals surface area contributed by atoms with E-state index in [9.17, 15) is 9.18 Å². The minimum Gasteiger partial charge on any atom is -0.332 e. The van der Waals surface area contributed by atoms with Crippen LogP contribution in [0, 0.1) is 5.82 Å². The van der Waals surface area contributed by atoms with Crippen molar-refractivity contribution in [1.82, 2.24) is 10.3 Å². The number of rotatable bonds is 3. The highest BCUT2D eigenvalue weighted by atomic mass is 35.5. The van der Waals surface area contributed by atoms with E-state index < -0.39 is 11.8 Å². The highest BCUT2D eigenvalue weighted by molar-refractivity contribution is 6.30. The Balaban J connectivity index is 1.93. The number of nitrogens with zero attached hydrogens (tertiary/aromatic N) is 1. The van der Waals surface area contributed by atoms with Crippen LogP contribution in [-0.2, 0) is 6.54 Å². The Kier molecular flexibility index (Phi) is 4.30. The summed E-state index contributed by atoms with van der Waals surface area (Å²) in [6.45, 7) is 0.259. The lowest BCUT2D eigenvalue weighted by molar-refractivity contribution is 0.251. The number of anilines is 1. The molecule has 0 radical (unpaired) electrons. The van der Waals surface area contributed by atoms with Crippen molar-refractivity contribution in [3.8, 4) is 0 Å². The van der Waals surface area contributed by atoms with Crippen molar-refractivity contribution >= 4 is 23.3 Å². The molecule has 98 valence electrons. The molecule has 0 spiro atoms. The van der Waals surface area contributed by atoms with E-state index in [2.05, 4.69) is 15.6 Å². The van der Waals surface area contributed by atoms with Crippen molar-refractivity contribution in [2.24, 2.45) is 0 Å². The van der Waals surface area contributed by atoms with Gasteiger partial charge < -0.3 is 10.6 Å². The van der Waals surface area contributed by atoms with Gasteiger partial charge in [0.25, 0.3) is 0 Å². The van der Waals surface area contributed by atoms with Crippen molar-refractivity contribution in [3.05, 3.63) is 59.1 Å². The molecule has 6 heteroatoms. The van der Waals surface area contributed by atoms with Crippen LogP contribution >= 0.6 is 11.6 Å². The number of benzene rings is 1. The van der Waals surface area contributed by atoms with Gasteiger partial charge in [-0.2, -0.15) is 0 Å². The maximum atomic E-state index is 13.4. The number of carbonyl (C=O) groups is 1. The number of nitrogens with one attached hydrogen (secondary N) is 2. The van der Waals surface area contributed by atoms with Crippen LogP contribution in [0.15, 0.2) is 42.6 Å². The van der Waals surface area contributed by atoms with Gasteiger partial charge in [0.15, 0.2) is 0 Å². The molecule has 0 bridgehead atoms. The van der Waals surface area contributed by atoms with E-state index in [-0.39, 0.29) is 12.2 Å². The SMILES string of the molecule is O=C(NCc1ccccn1)Nc1cc(Cl)ccc1F. The maximum absolute atomic E-state index is 13.4. The summed E-state index contributed by atoms with van der Waals surface area (Å²) in [5.74, 6) is -0.544. The number of amides is 2. The molecule has 0 aliphatic heterocycles. The number of pyridine rings is 1. The summed E-state index contributed by atoms with van der Waals surface area (Å²) in [5.41, 5.74) is 0.746. The summed E-state index contributed by atoms with van der Waals surface area (Å²) in [6, 6.07) is 8.80. The molecule has 0 atom stereocenters. The van der Waals surface area contributed by atoms with Gasteiger partial charge in [-0.05, 0) is 30.3 Å². The number of urea groups is 1. The predicted molar refractivity (Wildman–Crippen MR) is 71.5 cm³/mol. The Hall–Kier alpha value is -2.14. The fraction of sp³-hybridized carbons (Fsp3) is 0.0769. The highest BCUT2D eigenvalue weighted by Crippen LogP contribution is 2.19. The molecule has 0 aliphatic carbocycles. The predicted octanol–water partition coefficient (Wildman–Crippen LogP) is 3.20. The summed E-state index contributed by atoms with van der Waals surface area (Å²) in [6.07, 6.45) is 1.63. The van der Waals surface area contributed by atoms with Crippen molar-refractivity contribution in [1.29, 1.82) is 0 Å². The summed E-state index contributed by atoms with van der Waals surface area (Å²) in [4.78, 5) is 15.6.